The van der Waals surface area contributed by atoms with Gasteiger partial charge >= 0.3 is 0 Å². The number of halogens is 1. The molecule has 2 aromatic rings. The highest BCUT2D eigenvalue weighted by atomic mass is 32.1. The summed E-state index contributed by atoms with van der Waals surface area (Å²) in [6.07, 6.45) is 1.97. The van der Waals surface area contributed by atoms with E-state index < -0.39 is 11.9 Å². The van der Waals surface area contributed by atoms with Gasteiger partial charge in [0.1, 0.15) is 0 Å². The van der Waals surface area contributed by atoms with Crippen LogP contribution in [0.1, 0.15) is 44.6 Å². The highest BCUT2D eigenvalue weighted by molar-refractivity contribution is 7.17. The maximum Gasteiger partial charge on any atom is 0.223 e. The third-order valence-electron chi connectivity index (χ3n) is 3.81. The molecule has 0 saturated heterocycles. The molecule has 1 N–H and O–H groups in total. The molecule has 0 aliphatic heterocycles. The summed E-state index contributed by atoms with van der Waals surface area (Å²) in [6, 6.07) is 1.41. The molecule has 124 valence electrons. The van der Waals surface area contributed by atoms with Crippen molar-refractivity contribution in [2.75, 3.05) is 5.32 Å². The van der Waals surface area contributed by atoms with Gasteiger partial charge in [-0.05, 0) is 25.8 Å². The summed E-state index contributed by atoms with van der Waals surface area (Å²) in [5.41, 5.74) is 1.09. The summed E-state index contributed by atoms with van der Waals surface area (Å²) in [5, 5.41) is 2.91. The number of nitrogens with zero attached hydrogens (tertiary/aromatic N) is 2. The first kappa shape index (κ1) is 16.4. The molecule has 2 heterocycles. The highest BCUT2D eigenvalue weighted by Crippen LogP contribution is 2.33. The summed E-state index contributed by atoms with van der Waals surface area (Å²) in [7, 11) is 0. The molecule has 8 heteroatoms. The fraction of sp³-hybridized carbons (Fsp3) is 0.312. The van der Waals surface area contributed by atoms with Crippen LogP contribution in [-0.2, 0) is 11.2 Å². The van der Waals surface area contributed by atoms with Crippen LogP contribution in [0.15, 0.2) is 12.3 Å². The maximum absolute atomic E-state index is 13.3. The Morgan fingerprint density at radius 1 is 1.42 bits per heavy atom. The second-order valence-electron chi connectivity index (χ2n) is 5.63. The maximum atomic E-state index is 13.3. The molecule has 1 aliphatic carbocycles. The zero-order valence-corrected chi connectivity index (χ0v) is 13.9. The number of aromatic nitrogens is 2. The van der Waals surface area contributed by atoms with Crippen molar-refractivity contribution < 1.29 is 18.8 Å². The highest BCUT2D eigenvalue weighted by Gasteiger charge is 2.36. The minimum atomic E-state index is -0.824. The van der Waals surface area contributed by atoms with E-state index in [0.717, 1.165) is 17.5 Å². The fourth-order valence-corrected chi connectivity index (χ4v) is 3.68. The topological polar surface area (TPSA) is 89.0 Å². The summed E-state index contributed by atoms with van der Waals surface area (Å²) < 4.78 is 13.3. The molecular weight excluding hydrogens is 333 g/mol. The first-order valence-corrected chi connectivity index (χ1v) is 8.16. The lowest BCUT2D eigenvalue weighted by Crippen LogP contribution is -2.29. The van der Waals surface area contributed by atoms with E-state index >= 15 is 0 Å². The summed E-state index contributed by atoms with van der Waals surface area (Å²) in [6.45, 7) is 2.88. The van der Waals surface area contributed by atoms with Crippen molar-refractivity contribution >= 4 is 33.9 Å². The second-order valence-corrected chi connectivity index (χ2v) is 6.63. The van der Waals surface area contributed by atoms with Gasteiger partial charge < -0.3 is 5.32 Å². The van der Waals surface area contributed by atoms with Crippen molar-refractivity contribution in [3.63, 3.8) is 0 Å². The smallest absolute Gasteiger partial charge is 0.223 e. The molecule has 0 saturated carbocycles. The number of ketones is 2. The number of Topliss-reactive ketones (excluding diaryl/α,β-unsaturated/α-hetero) is 2. The van der Waals surface area contributed by atoms with E-state index in [2.05, 4.69) is 15.3 Å². The van der Waals surface area contributed by atoms with E-state index in [1.165, 1.54) is 19.9 Å². The molecule has 1 unspecified atom stereocenters. The Morgan fingerprint density at radius 2 is 2.17 bits per heavy atom. The third-order valence-corrected chi connectivity index (χ3v) is 4.83. The average molecular weight is 347 g/mol. The Labute approximate surface area is 141 Å². The van der Waals surface area contributed by atoms with Gasteiger partial charge in [-0.3, -0.25) is 14.4 Å². The van der Waals surface area contributed by atoms with Crippen molar-refractivity contribution in [2.45, 2.75) is 26.7 Å². The van der Waals surface area contributed by atoms with Crippen LogP contribution in [0.25, 0.3) is 0 Å². The number of nitrogens with one attached hydrogen (secondary N) is 1. The number of hydrogen-bond donors (Lipinski definition) is 1. The lowest BCUT2D eigenvalue weighted by atomic mass is 9.84. The molecule has 0 radical (unpaired) electrons. The van der Waals surface area contributed by atoms with Crippen molar-refractivity contribution in [1.82, 2.24) is 9.97 Å². The Morgan fingerprint density at radius 3 is 2.83 bits per heavy atom. The van der Waals surface area contributed by atoms with Crippen LogP contribution in [0, 0.1) is 18.8 Å². The molecule has 2 aromatic heterocycles. The minimum absolute atomic E-state index is 0.224. The Balaban J connectivity index is 1.87. The van der Waals surface area contributed by atoms with E-state index in [-0.39, 0.29) is 28.6 Å². The lowest BCUT2D eigenvalue weighted by molar-refractivity contribution is -0.114. The largest absolute Gasteiger partial charge is 0.302 e. The normalized spacial score (nSPS) is 16.6. The predicted molar refractivity (Wildman–Crippen MR) is 85.8 cm³/mol. The van der Waals surface area contributed by atoms with Crippen LogP contribution < -0.4 is 5.32 Å². The van der Waals surface area contributed by atoms with E-state index in [4.69, 9.17) is 0 Å². The number of pyridine rings is 1. The molecule has 1 atom stereocenters. The van der Waals surface area contributed by atoms with Crippen LogP contribution in [0.5, 0.6) is 0 Å². The van der Waals surface area contributed by atoms with Crippen molar-refractivity contribution in [3.05, 3.63) is 39.9 Å². The van der Waals surface area contributed by atoms with E-state index in [9.17, 15) is 18.8 Å². The van der Waals surface area contributed by atoms with Gasteiger partial charge in [0.05, 0.1) is 16.5 Å². The molecule has 0 aromatic carbocycles. The number of carbonyl (C=O) groups excluding carboxylic acids is 3. The first-order chi connectivity index (χ1) is 11.4. The van der Waals surface area contributed by atoms with Gasteiger partial charge in [0.2, 0.25) is 11.9 Å². The molecular formula is C16H14FN3O3S. The Bertz CT molecular complexity index is 862. The van der Waals surface area contributed by atoms with Gasteiger partial charge in [-0.25, -0.2) is 9.97 Å². The number of amides is 1. The SMILES string of the molecule is CC(=O)Nc1nc2c(s1)C(=O)C(C(=O)c1cnc(F)c(C)c1)CC2. The van der Waals surface area contributed by atoms with Crippen molar-refractivity contribution in [3.8, 4) is 0 Å². The molecule has 1 aliphatic rings. The molecule has 24 heavy (non-hydrogen) atoms. The number of fused-ring (bicyclic) bond motifs is 1. The fourth-order valence-electron chi connectivity index (χ4n) is 2.63. The lowest BCUT2D eigenvalue weighted by Gasteiger charge is -2.18. The molecule has 0 fully saturated rings. The monoisotopic (exact) mass is 347 g/mol. The van der Waals surface area contributed by atoms with Crippen LogP contribution in [0.3, 0.4) is 0 Å². The van der Waals surface area contributed by atoms with Crippen LogP contribution in [-0.4, -0.2) is 27.4 Å². The average Bonchev–Trinajstić information content (AvgIpc) is 2.92. The van der Waals surface area contributed by atoms with Crippen LogP contribution in [0.4, 0.5) is 9.52 Å². The van der Waals surface area contributed by atoms with Gasteiger partial charge in [-0.2, -0.15) is 4.39 Å². The number of thiazole rings is 1. The number of carbonyl (C=O) groups is 3. The quantitative estimate of drug-likeness (QED) is 0.524. The van der Waals surface area contributed by atoms with Gasteiger partial charge in [0.25, 0.3) is 0 Å². The van der Waals surface area contributed by atoms with Crippen LogP contribution >= 0.6 is 11.3 Å². The van der Waals surface area contributed by atoms with Gasteiger partial charge in [0, 0.05) is 24.2 Å². The van der Waals surface area contributed by atoms with Crippen molar-refractivity contribution in [2.24, 2.45) is 5.92 Å². The first-order valence-electron chi connectivity index (χ1n) is 7.34. The Hall–Kier alpha value is -2.48. The zero-order chi connectivity index (χ0) is 17.4. The number of hydrogen-bond acceptors (Lipinski definition) is 6. The zero-order valence-electron chi connectivity index (χ0n) is 13.1. The molecule has 3 rings (SSSR count). The summed E-state index contributed by atoms with van der Waals surface area (Å²) in [4.78, 5) is 44.5. The number of aryl methyl sites for hydroxylation is 2. The minimum Gasteiger partial charge on any atom is -0.302 e. The van der Waals surface area contributed by atoms with E-state index in [1.54, 1.807) is 0 Å². The summed E-state index contributed by atoms with van der Waals surface area (Å²) >= 11 is 1.07. The van der Waals surface area contributed by atoms with Gasteiger partial charge in [-0.1, -0.05) is 11.3 Å². The van der Waals surface area contributed by atoms with Crippen LogP contribution in [0.2, 0.25) is 0 Å². The summed E-state index contributed by atoms with van der Waals surface area (Å²) in [5.74, 6) is -2.40. The second kappa shape index (κ2) is 6.20. The number of anilines is 1. The number of rotatable bonds is 3. The standard InChI is InChI=1S/C16H14FN3O3S/c1-7-5-9(6-18-15(7)17)12(22)10-3-4-11-14(13(10)23)24-16(20-11)19-8(2)21/h5-6,10H,3-4H2,1-2H3,(H,19,20,21). The molecule has 1 amide bonds. The van der Waals surface area contributed by atoms with E-state index in [1.807, 2.05) is 0 Å². The van der Waals surface area contributed by atoms with E-state index in [0.29, 0.717) is 28.5 Å². The third kappa shape index (κ3) is 2.96. The molecule has 0 spiro atoms. The molecule has 0 bridgehead atoms. The van der Waals surface area contributed by atoms with Crippen molar-refractivity contribution in [1.29, 1.82) is 0 Å². The molecule has 6 nitrogen and oxygen atoms in total. The van der Waals surface area contributed by atoms with Gasteiger partial charge in [0.15, 0.2) is 16.7 Å². The predicted octanol–water partition coefficient (Wildman–Crippen LogP) is 2.57. The Kier molecular flexibility index (Phi) is 4.23. The van der Waals surface area contributed by atoms with Gasteiger partial charge in [-0.15, -0.1) is 0 Å².